The number of hydrogen-bond donors (Lipinski definition) is 2. The molecule has 7 heteroatoms. The lowest BCUT2D eigenvalue weighted by Crippen LogP contribution is -2.38. The molecule has 3 aromatic rings. The predicted octanol–water partition coefficient (Wildman–Crippen LogP) is 3.38. The van der Waals surface area contributed by atoms with Crippen molar-refractivity contribution >= 4 is 22.8 Å². The molecule has 0 radical (unpaired) electrons. The van der Waals surface area contributed by atoms with Gasteiger partial charge < -0.3 is 15.2 Å². The fourth-order valence-electron chi connectivity index (χ4n) is 3.17. The van der Waals surface area contributed by atoms with Crippen LogP contribution in [0.15, 0.2) is 24.5 Å². The number of aromatic nitrogens is 4. The van der Waals surface area contributed by atoms with E-state index < -0.39 is 0 Å². The van der Waals surface area contributed by atoms with E-state index in [1.807, 2.05) is 4.90 Å². The zero-order valence-electron chi connectivity index (χ0n) is 14.5. The Morgan fingerprint density at radius 3 is 2.72 bits per heavy atom. The van der Waals surface area contributed by atoms with Gasteiger partial charge in [-0.1, -0.05) is 0 Å². The molecule has 0 saturated carbocycles. The lowest BCUT2D eigenvalue weighted by Gasteiger charge is -2.26. The van der Waals surface area contributed by atoms with Crippen LogP contribution in [0.5, 0.6) is 0 Å². The van der Waals surface area contributed by atoms with Gasteiger partial charge in [-0.3, -0.25) is 0 Å². The van der Waals surface area contributed by atoms with Gasteiger partial charge in [-0.05, 0) is 56.4 Å². The van der Waals surface area contributed by atoms with Crippen molar-refractivity contribution < 1.29 is 4.79 Å². The molecule has 3 heterocycles. The van der Waals surface area contributed by atoms with Crippen LogP contribution in [-0.4, -0.2) is 43.8 Å². The predicted molar refractivity (Wildman–Crippen MR) is 97.1 cm³/mol. The third-order valence-electron chi connectivity index (χ3n) is 4.78. The Labute approximate surface area is 146 Å². The number of fused-ring (bicyclic) bond motifs is 1. The van der Waals surface area contributed by atoms with Gasteiger partial charge in [0, 0.05) is 13.1 Å². The van der Waals surface area contributed by atoms with Crippen LogP contribution >= 0.6 is 0 Å². The summed E-state index contributed by atoms with van der Waals surface area (Å²) in [7, 11) is 0. The van der Waals surface area contributed by atoms with E-state index in [2.05, 4.69) is 46.4 Å². The number of anilines is 1. The van der Waals surface area contributed by atoms with Crippen molar-refractivity contribution in [2.24, 2.45) is 0 Å². The Balaban J connectivity index is 1.53. The maximum Gasteiger partial charge on any atom is 0.321 e. The second kappa shape index (κ2) is 6.23. The molecule has 1 saturated heterocycles. The monoisotopic (exact) mass is 338 g/mol. The second-order valence-electron chi connectivity index (χ2n) is 6.67. The highest BCUT2D eigenvalue weighted by atomic mass is 16.2. The molecular weight excluding hydrogens is 316 g/mol. The molecule has 1 aliphatic rings. The number of amides is 2. The summed E-state index contributed by atoms with van der Waals surface area (Å²) in [5.41, 5.74) is 4.99. The van der Waals surface area contributed by atoms with Crippen molar-refractivity contribution in [3.05, 3.63) is 35.7 Å². The number of nitrogens with zero attached hydrogens (tertiary/aromatic N) is 4. The third kappa shape index (κ3) is 3.09. The van der Waals surface area contributed by atoms with Crippen LogP contribution in [0.1, 0.15) is 30.4 Å². The molecule has 7 nitrogen and oxygen atoms in total. The molecule has 25 heavy (non-hydrogen) atoms. The first kappa shape index (κ1) is 15.7. The number of aromatic amines is 1. The molecule has 1 aromatic carbocycles. The van der Waals surface area contributed by atoms with Crippen molar-refractivity contribution in [3.63, 3.8) is 0 Å². The van der Waals surface area contributed by atoms with Crippen LogP contribution in [0.2, 0.25) is 0 Å². The highest BCUT2D eigenvalue weighted by Crippen LogP contribution is 2.19. The van der Waals surface area contributed by atoms with Crippen LogP contribution in [0.4, 0.5) is 10.5 Å². The van der Waals surface area contributed by atoms with Crippen LogP contribution in [0.3, 0.4) is 0 Å². The van der Waals surface area contributed by atoms with E-state index in [0.717, 1.165) is 37.0 Å². The number of carbonyl (C=O) groups excluding carboxylic acids is 1. The quantitative estimate of drug-likeness (QED) is 0.752. The Kier molecular flexibility index (Phi) is 3.91. The number of piperidine rings is 1. The molecule has 0 aliphatic carbocycles. The number of rotatable bonds is 2. The SMILES string of the molecule is Cc1cc2nc(-n3cc(NC(=O)N4CCCCC4)cn3)[nH]c2cc1C. The zero-order valence-corrected chi connectivity index (χ0v) is 14.5. The minimum atomic E-state index is -0.0601. The summed E-state index contributed by atoms with van der Waals surface area (Å²) in [6, 6.07) is 4.09. The summed E-state index contributed by atoms with van der Waals surface area (Å²) in [5.74, 6) is 0.637. The number of hydrogen-bond acceptors (Lipinski definition) is 3. The van der Waals surface area contributed by atoms with Gasteiger partial charge in [0.25, 0.3) is 0 Å². The number of benzene rings is 1. The largest absolute Gasteiger partial charge is 0.325 e. The molecule has 1 aliphatic heterocycles. The maximum atomic E-state index is 12.3. The first-order chi connectivity index (χ1) is 12.1. The van der Waals surface area contributed by atoms with Gasteiger partial charge in [0.2, 0.25) is 5.95 Å². The fourth-order valence-corrected chi connectivity index (χ4v) is 3.17. The number of urea groups is 1. The summed E-state index contributed by atoms with van der Waals surface area (Å²) in [4.78, 5) is 22.0. The topological polar surface area (TPSA) is 78.8 Å². The van der Waals surface area contributed by atoms with E-state index in [4.69, 9.17) is 0 Å². The molecule has 2 N–H and O–H groups in total. The van der Waals surface area contributed by atoms with Gasteiger partial charge in [0.1, 0.15) is 0 Å². The van der Waals surface area contributed by atoms with Gasteiger partial charge in [0.15, 0.2) is 0 Å². The van der Waals surface area contributed by atoms with Crippen LogP contribution < -0.4 is 5.32 Å². The van der Waals surface area contributed by atoms with Gasteiger partial charge in [0.05, 0.1) is 29.1 Å². The van der Waals surface area contributed by atoms with Gasteiger partial charge in [-0.25, -0.2) is 14.5 Å². The highest BCUT2D eigenvalue weighted by molar-refractivity contribution is 5.89. The van der Waals surface area contributed by atoms with E-state index in [-0.39, 0.29) is 6.03 Å². The molecule has 0 atom stereocenters. The summed E-state index contributed by atoms with van der Waals surface area (Å²) >= 11 is 0. The highest BCUT2D eigenvalue weighted by Gasteiger charge is 2.17. The van der Waals surface area contributed by atoms with Gasteiger partial charge >= 0.3 is 6.03 Å². The normalized spacial score (nSPS) is 14.9. The van der Waals surface area contributed by atoms with E-state index in [0.29, 0.717) is 11.6 Å². The second-order valence-corrected chi connectivity index (χ2v) is 6.67. The average Bonchev–Trinajstić information content (AvgIpc) is 3.23. The van der Waals surface area contributed by atoms with Crippen LogP contribution in [0.25, 0.3) is 17.0 Å². The van der Waals surface area contributed by atoms with Crippen molar-refractivity contribution in [2.75, 3.05) is 18.4 Å². The molecule has 2 amide bonds. The lowest BCUT2D eigenvalue weighted by molar-refractivity contribution is 0.200. The van der Waals surface area contributed by atoms with Crippen molar-refractivity contribution in [1.82, 2.24) is 24.6 Å². The van der Waals surface area contributed by atoms with E-state index in [1.54, 1.807) is 17.1 Å². The van der Waals surface area contributed by atoms with E-state index in [1.165, 1.54) is 17.5 Å². The number of H-pyrrole nitrogens is 1. The summed E-state index contributed by atoms with van der Waals surface area (Å²) in [6.07, 6.45) is 6.77. The van der Waals surface area contributed by atoms with Crippen molar-refractivity contribution in [3.8, 4) is 5.95 Å². The molecule has 0 bridgehead atoms. The van der Waals surface area contributed by atoms with Crippen LogP contribution in [0, 0.1) is 13.8 Å². The summed E-state index contributed by atoms with van der Waals surface area (Å²) in [6.45, 7) is 5.80. The number of nitrogens with one attached hydrogen (secondary N) is 2. The third-order valence-corrected chi connectivity index (χ3v) is 4.78. The number of imidazole rings is 1. The first-order valence-electron chi connectivity index (χ1n) is 8.68. The number of carbonyl (C=O) groups is 1. The molecule has 0 spiro atoms. The lowest BCUT2D eigenvalue weighted by atomic mass is 10.1. The van der Waals surface area contributed by atoms with Crippen molar-refractivity contribution in [1.29, 1.82) is 0 Å². The Bertz CT molecular complexity index is 880. The van der Waals surface area contributed by atoms with E-state index in [9.17, 15) is 4.79 Å². The van der Waals surface area contributed by atoms with Crippen LogP contribution in [-0.2, 0) is 0 Å². The standard InChI is InChI=1S/C18H22N6O/c1-12-8-15-16(9-13(12)2)22-17(21-15)24-11-14(10-19-24)20-18(25)23-6-4-3-5-7-23/h8-11H,3-7H2,1-2H3,(H,20,25)(H,21,22). The maximum absolute atomic E-state index is 12.3. The molecule has 2 aromatic heterocycles. The molecule has 4 rings (SSSR count). The Morgan fingerprint density at radius 2 is 1.92 bits per heavy atom. The van der Waals surface area contributed by atoms with Gasteiger partial charge in [-0.2, -0.15) is 5.10 Å². The van der Waals surface area contributed by atoms with Crippen molar-refractivity contribution in [2.45, 2.75) is 33.1 Å². The Morgan fingerprint density at radius 1 is 1.16 bits per heavy atom. The molecular formula is C18H22N6O. The molecule has 1 fully saturated rings. The molecule has 0 unspecified atom stereocenters. The minimum absolute atomic E-state index is 0.0601. The number of likely N-dealkylation sites (tertiary alicyclic amines) is 1. The molecule has 130 valence electrons. The van der Waals surface area contributed by atoms with E-state index >= 15 is 0 Å². The number of aryl methyl sites for hydroxylation is 2. The first-order valence-corrected chi connectivity index (χ1v) is 8.68. The zero-order chi connectivity index (χ0) is 17.4. The average molecular weight is 338 g/mol. The van der Waals surface area contributed by atoms with Gasteiger partial charge in [-0.15, -0.1) is 0 Å². The Hall–Kier alpha value is -2.83. The summed E-state index contributed by atoms with van der Waals surface area (Å²) < 4.78 is 1.65. The fraction of sp³-hybridized carbons (Fsp3) is 0.389. The summed E-state index contributed by atoms with van der Waals surface area (Å²) in [5, 5.41) is 7.23. The smallest absolute Gasteiger partial charge is 0.321 e. The minimum Gasteiger partial charge on any atom is -0.325 e.